The van der Waals surface area contributed by atoms with Crippen molar-refractivity contribution in [3.05, 3.63) is 34.9 Å². The lowest BCUT2D eigenvalue weighted by Crippen LogP contribution is -2.26. The van der Waals surface area contributed by atoms with Crippen molar-refractivity contribution in [2.24, 2.45) is 5.41 Å². The Balaban J connectivity index is 2.60. The van der Waals surface area contributed by atoms with E-state index in [0.717, 1.165) is 17.5 Å². The quantitative estimate of drug-likeness (QED) is 0.828. The molecule has 1 atom stereocenters. The molecule has 16 heavy (non-hydrogen) atoms. The number of carboxylic acid groups (broad SMARTS) is 1. The molecule has 1 aromatic carbocycles. The second-order valence-electron chi connectivity index (χ2n) is 5.52. The van der Waals surface area contributed by atoms with E-state index >= 15 is 0 Å². The first-order valence-corrected chi connectivity index (χ1v) is 5.63. The van der Waals surface area contributed by atoms with Crippen molar-refractivity contribution in [1.29, 1.82) is 0 Å². The maximum Gasteiger partial charge on any atom is 0.314 e. The van der Waals surface area contributed by atoms with Crippen LogP contribution in [-0.4, -0.2) is 11.1 Å². The summed E-state index contributed by atoms with van der Waals surface area (Å²) in [7, 11) is 0. The first-order valence-electron chi connectivity index (χ1n) is 5.63. The van der Waals surface area contributed by atoms with Gasteiger partial charge in [-0.1, -0.05) is 32.0 Å². The number of hydrogen-bond donors (Lipinski definition) is 1. The number of rotatable bonds is 2. The van der Waals surface area contributed by atoms with Crippen LogP contribution >= 0.6 is 0 Å². The van der Waals surface area contributed by atoms with E-state index in [-0.39, 0.29) is 5.41 Å². The Labute approximate surface area is 96.3 Å². The van der Waals surface area contributed by atoms with E-state index in [1.165, 1.54) is 5.56 Å². The van der Waals surface area contributed by atoms with Gasteiger partial charge in [-0.3, -0.25) is 4.79 Å². The molecule has 0 spiro atoms. The second-order valence-corrected chi connectivity index (χ2v) is 5.52. The number of benzene rings is 1. The minimum atomic E-state index is -0.689. The molecular formula is C14H18O2. The van der Waals surface area contributed by atoms with Crippen molar-refractivity contribution in [2.45, 2.75) is 39.5 Å². The topological polar surface area (TPSA) is 37.3 Å². The van der Waals surface area contributed by atoms with Gasteiger partial charge in [0.05, 0.1) is 5.41 Å². The molecule has 86 valence electrons. The molecule has 0 aliphatic heterocycles. The minimum absolute atomic E-state index is 0.128. The predicted octanol–water partition coefficient (Wildman–Crippen LogP) is 3.06. The summed E-state index contributed by atoms with van der Waals surface area (Å²) in [6.45, 7) is 8.11. The van der Waals surface area contributed by atoms with Gasteiger partial charge in [0.2, 0.25) is 0 Å². The van der Waals surface area contributed by atoms with E-state index in [1.54, 1.807) is 0 Å². The van der Waals surface area contributed by atoms with Crippen LogP contribution in [0.4, 0.5) is 0 Å². The fourth-order valence-corrected chi connectivity index (χ4v) is 2.77. The van der Waals surface area contributed by atoms with Gasteiger partial charge in [0.15, 0.2) is 0 Å². The highest BCUT2D eigenvalue weighted by atomic mass is 16.4. The number of aryl methyl sites for hydroxylation is 1. The molecule has 1 saturated carbocycles. The van der Waals surface area contributed by atoms with Gasteiger partial charge < -0.3 is 5.11 Å². The Kier molecular flexibility index (Phi) is 2.16. The molecule has 1 aliphatic carbocycles. The maximum atomic E-state index is 11.6. The zero-order chi connectivity index (χ0) is 12.1. The van der Waals surface area contributed by atoms with Gasteiger partial charge in [0.25, 0.3) is 0 Å². The zero-order valence-electron chi connectivity index (χ0n) is 10.3. The Morgan fingerprint density at radius 2 is 1.88 bits per heavy atom. The average Bonchev–Trinajstić information content (AvgIpc) is 2.75. The summed E-state index contributed by atoms with van der Waals surface area (Å²) in [5, 5.41) is 9.51. The molecule has 0 saturated heterocycles. The van der Waals surface area contributed by atoms with Crippen LogP contribution < -0.4 is 0 Å². The Bertz CT molecular complexity index is 460. The van der Waals surface area contributed by atoms with Crippen molar-refractivity contribution < 1.29 is 9.90 Å². The Morgan fingerprint density at radius 1 is 1.31 bits per heavy atom. The lowest BCUT2D eigenvalue weighted by Gasteiger charge is -2.19. The summed E-state index contributed by atoms with van der Waals surface area (Å²) in [5.41, 5.74) is 2.49. The SMILES string of the molecule is Cc1cccc(C2(C(=O)O)CC2(C)C)c1C. The molecule has 1 N–H and O–H groups in total. The summed E-state index contributed by atoms with van der Waals surface area (Å²) in [4.78, 5) is 11.6. The number of aliphatic carboxylic acids is 1. The van der Waals surface area contributed by atoms with Crippen LogP contribution in [0.1, 0.15) is 37.0 Å². The largest absolute Gasteiger partial charge is 0.481 e. The normalized spacial score (nSPS) is 26.5. The molecule has 0 radical (unpaired) electrons. The maximum absolute atomic E-state index is 11.6. The first kappa shape index (κ1) is 11.2. The molecule has 2 rings (SSSR count). The number of hydrogen-bond acceptors (Lipinski definition) is 1. The number of carbonyl (C=O) groups is 1. The van der Waals surface area contributed by atoms with Gasteiger partial charge in [0.1, 0.15) is 0 Å². The molecule has 0 bridgehead atoms. The van der Waals surface area contributed by atoms with E-state index in [1.807, 2.05) is 45.9 Å². The highest BCUT2D eigenvalue weighted by Gasteiger charge is 2.68. The monoisotopic (exact) mass is 218 g/mol. The van der Waals surface area contributed by atoms with E-state index < -0.39 is 11.4 Å². The molecule has 0 amide bonds. The summed E-state index contributed by atoms with van der Waals surface area (Å²) in [6.07, 6.45) is 0.736. The molecule has 2 heteroatoms. The van der Waals surface area contributed by atoms with Crippen LogP contribution in [0.5, 0.6) is 0 Å². The van der Waals surface area contributed by atoms with Crippen molar-refractivity contribution in [3.63, 3.8) is 0 Å². The van der Waals surface area contributed by atoms with Crippen LogP contribution in [0.2, 0.25) is 0 Å². The molecule has 1 fully saturated rings. The van der Waals surface area contributed by atoms with Gasteiger partial charge in [-0.25, -0.2) is 0 Å². The van der Waals surface area contributed by atoms with Gasteiger partial charge in [-0.05, 0) is 42.4 Å². The Morgan fingerprint density at radius 3 is 2.31 bits per heavy atom. The predicted molar refractivity (Wildman–Crippen MR) is 63.6 cm³/mol. The summed E-state index contributed by atoms with van der Waals surface area (Å²) in [5.74, 6) is -0.689. The molecule has 2 nitrogen and oxygen atoms in total. The van der Waals surface area contributed by atoms with Crippen LogP contribution in [0.3, 0.4) is 0 Å². The van der Waals surface area contributed by atoms with E-state index in [2.05, 4.69) is 0 Å². The van der Waals surface area contributed by atoms with Crippen LogP contribution in [-0.2, 0) is 10.2 Å². The van der Waals surface area contributed by atoms with Gasteiger partial charge >= 0.3 is 5.97 Å². The standard InChI is InChI=1S/C14H18O2/c1-9-6-5-7-11(10(9)2)14(12(15)16)8-13(14,3)4/h5-7H,8H2,1-4H3,(H,15,16). The molecule has 1 aliphatic rings. The zero-order valence-corrected chi connectivity index (χ0v) is 10.3. The van der Waals surface area contributed by atoms with Crippen molar-refractivity contribution in [1.82, 2.24) is 0 Å². The number of carboxylic acids is 1. The third-order valence-electron chi connectivity index (χ3n) is 4.17. The van der Waals surface area contributed by atoms with Crippen molar-refractivity contribution >= 4 is 5.97 Å². The fourth-order valence-electron chi connectivity index (χ4n) is 2.77. The van der Waals surface area contributed by atoms with Crippen LogP contribution in [0.25, 0.3) is 0 Å². The third kappa shape index (κ3) is 1.22. The van der Waals surface area contributed by atoms with Crippen LogP contribution in [0, 0.1) is 19.3 Å². The molecule has 1 unspecified atom stereocenters. The molecule has 1 aromatic rings. The van der Waals surface area contributed by atoms with E-state index in [4.69, 9.17) is 0 Å². The second kappa shape index (κ2) is 3.09. The molecule has 0 heterocycles. The van der Waals surface area contributed by atoms with Gasteiger partial charge in [-0.2, -0.15) is 0 Å². The van der Waals surface area contributed by atoms with E-state index in [0.29, 0.717) is 0 Å². The lowest BCUT2D eigenvalue weighted by molar-refractivity contribution is -0.141. The smallest absolute Gasteiger partial charge is 0.314 e. The minimum Gasteiger partial charge on any atom is -0.481 e. The first-order chi connectivity index (χ1) is 7.33. The molecule has 0 aromatic heterocycles. The molecular weight excluding hydrogens is 200 g/mol. The summed E-state index contributed by atoms with van der Waals surface area (Å²) in [6, 6.07) is 5.95. The van der Waals surface area contributed by atoms with E-state index in [9.17, 15) is 9.90 Å². The fraction of sp³-hybridized carbons (Fsp3) is 0.500. The Hall–Kier alpha value is -1.31. The van der Waals surface area contributed by atoms with Crippen LogP contribution in [0.15, 0.2) is 18.2 Å². The van der Waals surface area contributed by atoms with Crippen molar-refractivity contribution in [2.75, 3.05) is 0 Å². The highest BCUT2D eigenvalue weighted by molar-refractivity contribution is 5.87. The van der Waals surface area contributed by atoms with Crippen molar-refractivity contribution in [3.8, 4) is 0 Å². The lowest BCUT2D eigenvalue weighted by atomic mass is 9.84. The third-order valence-corrected chi connectivity index (χ3v) is 4.17. The summed E-state index contributed by atoms with van der Waals surface area (Å²) < 4.78 is 0. The van der Waals surface area contributed by atoms with Gasteiger partial charge in [0, 0.05) is 0 Å². The average molecular weight is 218 g/mol. The highest BCUT2D eigenvalue weighted by Crippen LogP contribution is 2.65. The van der Waals surface area contributed by atoms with Gasteiger partial charge in [-0.15, -0.1) is 0 Å². The summed E-state index contributed by atoms with van der Waals surface area (Å²) >= 11 is 0.